The van der Waals surface area contributed by atoms with Gasteiger partial charge >= 0.3 is 0 Å². The lowest BCUT2D eigenvalue weighted by atomic mass is 10.1. The molecule has 0 heterocycles. The highest BCUT2D eigenvalue weighted by molar-refractivity contribution is 7.99. The predicted octanol–water partition coefficient (Wildman–Crippen LogP) is 2.47. The first kappa shape index (κ1) is 9.62. The second-order valence-electron chi connectivity index (χ2n) is 2.80. The van der Waals surface area contributed by atoms with Gasteiger partial charge in [0.2, 0.25) is 0 Å². The monoisotopic (exact) mass is 182 g/mol. The molecule has 2 heteroatoms. The summed E-state index contributed by atoms with van der Waals surface area (Å²) in [6.07, 6.45) is 1.66. The van der Waals surface area contributed by atoms with Gasteiger partial charge in [0.05, 0.1) is 6.10 Å². The Hall–Kier alpha value is -0.470. The molecule has 0 fully saturated rings. The van der Waals surface area contributed by atoms with Gasteiger partial charge in [-0.25, -0.2) is 0 Å². The molecule has 1 nitrogen and oxygen atoms in total. The van der Waals surface area contributed by atoms with Crippen molar-refractivity contribution >= 4 is 11.8 Å². The fourth-order valence-corrected chi connectivity index (χ4v) is 1.47. The highest BCUT2D eigenvalue weighted by Gasteiger charge is 2.13. The average Bonchev–Trinajstić information content (AvgIpc) is 2.17. The largest absolute Gasteiger partial charge is 0.387 e. The van der Waals surface area contributed by atoms with Crippen LogP contribution >= 0.6 is 11.8 Å². The average molecular weight is 182 g/mol. The zero-order valence-electron chi connectivity index (χ0n) is 7.40. The Morgan fingerprint density at radius 3 is 2.33 bits per heavy atom. The van der Waals surface area contributed by atoms with Crippen molar-refractivity contribution < 1.29 is 5.11 Å². The van der Waals surface area contributed by atoms with E-state index in [1.165, 1.54) is 0 Å². The van der Waals surface area contributed by atoms with Crippen molar-refractivity contribution in [1.29, 1.82) is 0 Å². The minimum Gasteiger partial charge on any atom is -0.387 e. The van der Waals surface area contributed by atoms with Crippen molar-refractivity contribution in [1.82, 2.24) is 0 Å². The first-order valence-electron chi connectivity index (χ1n) is 4.01. The molecule has 0 aliphatic heterocycles. The van der Waals surface area contributed by atoms with Crippen molar-refractivity contribution in [2.75, 3.05) is 6.26 Å². The Balaban J connectivity index is 2.71. The van der Waals surface area contributed by atoms with Crippen molar-refractivity contribution in [3.05, 3.63) is 35.9 Å². The summed E-state index contributed by atoms with van der Waals surface area (Å²) in [5.74, 6) is 0. The molecule has 12 heavy (non-hydrogen) atoms. The summed E-state index contributed by atoms with van der Waals surface area (Å²) in [6.45, 7) is 2.03. The zero-order chi connectivity index (χ0) is 8.97. The van der Waals surface area contributed by atoms with Crippen molar-refractivity contribution in [2.24, 2.45) is 0 Å². The Morgan fingerprint density at radius 1 is 1.25 bits per heavy atom. The molecule has 66 valence electrons. The molecule has 1 rings (SSSR count). The third-order valence-corrected chi connectivity index (χ3v) is 2.96. The number of hydrogen-bond donors (Lipinski definition) is 1. The molecule has 0 unspecified atom stereocenters. The fraction of sp³-hybridized carbons (Fsp3) is 0.400. The first-order chi connectivity index (χ1) is 5.75. The van der Waals surface area contributed by atoms with Crippen LogP contribution in [0.5, 0.6) is 0 Å². The second-order valence-corrected chi connectivity index (χ2v) is 4.01. The number of hydrogen-bond acceptors (Lipinski definition) is 2. The van der Waals surface area contributed by atoms with Crippen LogP contribution in [0.3, 0.4) is 0 Å². The zero-order valence-corrected chi connectivity index (χ0v) is 8.21. The standard InChI is InChI=1S/C10H14OS/c1-8(12-2)10(11)9-6-4-3-5-7-9/h3-8,10-11H,1-2H3/t8-,10-/m1/s1. The molecule has 1 aromatic carbocycles. The van der Waals surface area contributed by atoms with Gasteiger partial charge in [0.25, 0.3) is 0 Å². The van der Waals surface area contributed by atoms with E-state index in [0.29, 0.717) is 0 Å². The van der Waals surface area contributed by atoms with Crippen LogP contribution < -0.4 is 0 Å². The maximum atomic E-state index is 9.77. The summed E-state index contributed by atoms with van der Waals surface area (Å²) in [5, 5.41) is 10.0. The van der Waals surface area contributed by atoms with Crippen LogP contribution in [-0.4, -0.2) is 16.6 Å². The molecule has 0 aliphatic rings. The second kappa shape index (κ2) is 4.53. The summed E-state index contributed by atoms with van der Waals surface area (Å²) in [4.78, 5) is 0. The normalized spacial score (nSPS) is 15.6. The maximum Gasteiger partial charge on any atom is 0.0905 e. The summed E-state index contributed by atoms with van der Waals surface area (Å²) in [5.41, 5.74) is 0.999. The van der Waals surface area contributed by atoms with Crippen LogP contribution in [0.2, 0.25) is 0 Å². The third-order valence-electron chi connectivity index (χ3n) is 1.96. The minimum atomic E-state index is -0.346. The Kier molecular flexibility index (Phi) is 3.63. The summed E-state index contributed by atoms with van der Waals surface area (Å²) in [7, 11) is 0. The van der Waals surface area contributed by atoms with E-state index in [1.807, 2.05) is 43.5 Å². The highest BCUT2D eigenvalue weighted by atomic mass is 32.2. The van der Waals surface area contributed by atoms with Gasteiger partial charge in [-0.2, -0.15) is 11.8 Å². The maximum absolute atomic E-state index is 9.77. The van der Waals surface area contributed by atoms with Crippen LogP contribution in [0, 0.1) is 0 Å². The van der Waals surface area contributed by atoms with Crippen LogP contribution in [0.25, 0.3) is 0 Å². The topological polar surface area (TPSA) is 20.2 Å². The van der Waals surface area contributed by atoms with E-state index in [0.717, 1.165) is 5.56 Å². The third kappa shape index (κ3) is 2.26. The van der Waals surface area contributed by atoms with Gasteiger partial charge in [0.15, 0.2) is 0 Å². The molecule has 2 atom stereocenters. The predicted molar refractivity (Wildman–Crippen MR) is 54.4 cm³/mol. The minimum absolute atomic E-state index is 0.257. The van der Waals surface area contributed by atoms with Gasteiger partial charge in [0, 0.05) is 5.25 Å². The molecule has 0 saturated heterocycles. The van der Waals surface area contributed by atoms with Gasteiger partial charge in [-0.3, -0.25) is 0 Å². The molecule has 0 radical (unpaired) electrons. The fourth-order valence-electron chi connectivity index (χ4n) is 1.05. The van der Waals surface area contributed by atoms with Gasteiger partial charge < -0.3 is 5.11 Å². The lowest BCUT2D eigenvalue weighted by Crippen LogP contribution is -2.10. The van der Waals surface area contributed by atoms with E-state index in [4.69, 9.17) is 0 Å². The van der Waals surface area contributed by atoms with Crippen LogP contribution in [-0.2, 0) is 0 Å². The smallest absolute Gasteiger partial charge is 0.0905 e. The summed E-state index contributed by atoms with van der Waals surface area (Å²) >= 11 is 1.68. The molecular weight excluding hydrogens is 168 g/mol. The number of aliphatic hydroxyl groups excluding tert-OH is 1. The van der Waals surface area contributed by atoms with Crippen LogP contribution in [0.15, 0.2) is 30.3 Å². The summed E-state index contributed by atoms with van der Waals surface area (Å²) in [6, 6.07) is 9.77. The lowest BCUT2D eigenvalue weighted by molar-refractivity contribution is 0.179. The Bertz CT molecular complexity index is 223. The van der Waals surface area contributed by atoms with Gasteiger partial charge in [-0.15, -0.1) is 0 Å². The highest BCUT2D eigenvalue weighted by Crippen LogP contribution is 2.23. The number of thioether (sulfide) groups is 1. The summed E-state index contributed by atoms with van der Waals surface area (Å²) < 4.78 is 0. The quantitative estimate of drug-likeness (QED) is 0.775. The van der Waals surface area contributed by atoms with E-state index >= 15 is 0 Å². The molecule has 0 aromatic heterocycles. The molecule has 0 saturated carbocycles. The Morgan fingerprint density at radius 2 is 1.83 bits per heavy atom. The van der Waals surface area contributed by atoms with Gasteiger partial charge in [-0.1, -0.05) is 37.3 Å². The van der Waals surface area contributed by atoms with Crippen LogP contribution in [0.1, 0.15) is 18.6 Å². The van der Waals surface area contributed by atoms with E-state index < -0.39 is 0 Å². The molecule has 0 amide bonds. The van der Waals surface area contributed by atoms with E-state index in [1.54, 1.807) is 11.8 Å². The molecule has 0 spiro atoms. The molecule has 1 N–H and O–H groups in total. The van der Waals surface area contributed by atoms with Gasteiger partial charge in [-0.05, 0) is 11.8 Å². The molecule has 0 aliphatic carbocycles. The number of benzene rings is 1. The number of aliphatic hydroxyl groups is 1. The van der Waals surface area contributed by atoms with E-state index in [-0.39, 0.29) is 11.4 Å². The van der Waals surface area contributed by atoms with Gasteiger partial charge in [0.1, 0.15) is 0 Å². The van der Waals surface area contributed by atoms with Crippen molar-refractivity contribution in [3.63, 3.8) is 0 Å². The number of rotatable bonds is 3. The SMILES string of the molecule is CS[C@H](C)[C@@H](O)c1ccccc1. The lowest BCUT2D eigenvalue weighted by Gasteiger charge is -2.16. The first-order valence-corrected chi connectivity index (χ1v) is 5.30. The van der Waals surface area contributed by atoms with Crippen LogP contribution in [0.4, 0.5) is 0 Å². The van der Waals surface area contributed by atoms with E-state index in [9.17, 15) is 5.11 Å². The van der Waals surface area contributed by atoms with Crippen molar-refractivity contribution in [3.8, 4) is 0 Å². The molecule has 1 aromatic rings. The molecule has 0 bridgehead atoms. The Labute approximate surface area is 77.8 Å². The van der Waals surface area contributed by atoms with E-state index in [2.05, 4.69) is 0 Å². The molecular formula is C10H14OS. The van der Waals surface area contributed by atoms with Crippen molar-refractivity contribution in [2.45, 2.75) is 18.3 Å².